The molecule has 0 spiro atoms. The van der Waals surface area contributed by atoms with Crippen molar-refractivity contribution in [2.75, 3.05) is 6.54 Å². The second-order valence-corrected chi connectivity index (χ2v) is 3.40. The van der Waals surface area contributed by atoms with Crippen molar-refractivity contribution >= 4 is 0 Å². The molecule has 0 bridgehead atoms. The van der Waals surface area contributed by atoms with Crippen molar-refractivity contribution in [3.05, 3.63) is 48.4 Å². The highest BCUT2D eigenvalue weighted by atomic mass is 16.3. The Bertz CT molecular complexity index is 405. The Hall–Kier alpha value is -1.54. The zero-order valence-electron chi connectivity index (χ0n) is 8.86. The molecular weight excluding hydrogens is 186 g/mol. The molecule has 0 saturated heterocycles. The maximum atomic E-state index is 5.46. The first kappa shape index (κ1) is 9.99. The van der Waals surface area contributed by atoms with E-state index >= 15 is 0 Å². The number of hydrogen-bond acceptors (Lipinski definition) is 2. The number of rotatable bonds is 4. The van der Waals surface area contributed by atoms with E-state index in [2.05, 4.69) is 24.4 Å². The van der Waals surface area contributed by atoms with Crippen molar-refractivity contribution in [1.29, 1.82) is 0 Å². The zero-order chi connectivity index (χ0) is 10.5. The lowest BCUT2D eigenvalue weighted by molar-refractivity contribution is 0.489. The van der Waals surface area contributed by atoms with Crippen molar-refractivity contribution in [3.8, 4) is 11.1 Å². The minimum absolute atomic E-state index is 0.785. The highest BCUT2D eigenvalue weighted by Gasteiger charge is 2.06. The van der Waals surface area contributed by atoms with E-state index in [1.165, 1.54) is 11.1 Å². The van der Waals surface area contributed by atoms with E-state index in [0.29, 0.717) is 0 Å². The Balaban J connectivity index is 2.25. The first-order chi connectivity index (χ1) is 7.42. The van der Waals surface area contributed by atoms with Gasteiger partial charge in [-0.05, 0) is 18.2 Å². The van der Waals surface area contributed by atoms with Crippen molar-refractivity contribution in [2.24, 2.45) is 0 Å². The van der Waals surface area contributed by atoms with Gasteiger partial charge in [-0.3, -0.25) is 0 Å². The summed E-state index contributed by atoms with van der Waals surface area (Å²) < 4.78 is 5.46. The topological polar surface area (TPSA) is 25.2 Å². The number of furan rings is 1. The fraction of sp³-hybridized carbons (Fsp3) is 0.231. The van der Waals surface area contributed by atoms with Crippen LogP contribution in [-0.2, 0) is 6.54 Å². The summed E-state index contributed by atoms with van der Waals surface area (Å²) in [6.07, 6.45) is 1.75. The summed E-state index contributed by atoms with van der Waals surface area (Å²) >= 11 is 0. The molecule has 1 aromatic heterocycles. The summed E-state index contributed by atoms with van der Waals surface area (Å²) in [6, 6.07) is 12.3. The molecular formula is C13H15NO. The van der Waals surface area contributed by atoms with E-state index in [4.69, 9.17) is 4.42 Å². The second-order valence-electron chi connectivity index (χ2n) is 3.40. The van der Waals surface area contributed by atoms with Gasteiger partial charge < -0.3 is 9.73 Å². The van der Waals surface area contributed by atoms with Gasteiger partial charge in [-0.1, -0.05) is 37.3 Å². The third kappa shape index (κ3) is 2.28. The van der Waals surface area contributed by atoms with E-state index < -0.39 is 0 Å². The summed E-state index contributed by atoms with van der Waals surface area (Å²) in [5, 5.41) is 3.27. The molecule has 0 amide bonds. The molecule has 2 rings (SSSR count). The SMILES string of the molecule is CCNCc1occc1-c1ccccc1. The second kappa shape index (κ2) is 4.80. The standard InChI is InChI=1S/C13H15NO/c1-2-14-10-13-12(8-9-15-13)11-6-4-3-5-7-11/h3-9,14H,2,10H2,1H3. The third-order valence-electron chi connectivity index (χ3n) is 2.37. The molecule has 2 aromatic rings. The monoisotopic (exact) mass is 201 g/mol. The van der Waals surface area contributed by atoms with Gasteiger partial charge >= 0.3 is 0 Å². The van der Waals surface area contributed by atoms with Crippen LogP contribution >= 0.6 is 0 Å². The fourth-order valence-electron chi connectivity index (χ4n) is 1.59. The average Bonchev–Trinajstić information content (AvgIpc) is 2.75. The number of benzene rings is 1. The van der Waals surface area contributed by atoms with Crippen LogP contribution in [0.2, 0.25) is 0 Å². The fourth-order valence-corrected chi connectivity index (χ4v) is 1.59. The lowest BCUT2D eigenvalue weighted by Gasteiger charge is -2.02. The number of nitrogens with one attached hydrogen (secondary N) is 1. The minimum Gasteiger partial charge on any atom is -0.467 e. The van der Waals surface area contributed by atoms with Gasteiger partial charge in [-0.25, -0.2) is 0 Å². The highest BCUT2D eigenvalue weighted by molar-refractivity contribution is 5.65. The van der Waals surface area contributed by atoms with Crippen LogP contribution in [0.15, 0.2) is 47.1 Å². The van der Waals surface area contributed by atoms with Gasteiger partial charge in [-0.15, -0.1) is 0 Å². The molecule has 0 saturated carbocycles. The number of hydrogen-bond donors (Lipinski definition) is 1. The zero-order valence-corrected chi connectivity index (χ0v) is 8.86. The minimum atomic E-state index is 0.785. The van der Waals surface area contributed by atoms with Crippen LogP contribution in [-0.4, -0.2) is 6.54 Å². The van der Waals surface area contributed by atoms with Gasteiger partial charge in [0, 0.05) is 5.56 Å². The molecule has 0 aliphatic heterocycles. The summed E-state index contributed by atoms with van der Waals surface area (Å²) in [5.74, 6) is 1.00. The Kier molecular flexibility index (Phi) is 3.20. The van der Waals surface area contributed by atoms with E-state index in [1.807, 2.05) is 24.3 Å². The average molecular weight is 201 g/mol. The Morgan fingerprint density at radius 2 is 1.93 bits per heavy atom. The summed E-state index contributed by atoms with van der Waals surface area (Å²) in [5.41, 5.74) is 2.38. The van der Waals surface area contributed by atoms with Gasteiger partial charge in [0.05, 0.1) is 12.8 Å². The van der Waals surface area contributed by atoms with E-state index in [9.17, 15) is 0 Å². The highest BCUT2D eigenvalue weighted by Crippen LogP contribution is 2.24. The van der Waals surface area contributed by atoms with Gasteiger partial charge in [-0.2, -0.15) is 0 Å². The molecule has 2 heteroatoms. The first-order valence-corrected chi connectivity index (χ1v) is 5.24. The van der Waals surface area contributed by atoms with Gasteiger partial charge in [0.2, 0.25) is 0 Å². The molecule has 2 nitrogen and oxygen atoms in total. The van der Waals surface area contributed by atoms with Crippen LogP contribution in [0.5, 0.6) is 0 Å². The molecule has 0 aliphatic rings. The Labute approximate surface area is 89.9 Å². The molecule has 1 aromatic carbocycles. The van der Waals surface area contributed by atoms with Crippen molar-refractivity contribution in [3.63, 3.8) is 0 Å². The molecule has 0 fully saturated rings. The van der Waals surface area contributed by atoms with Crippen LogP contribution in [0.25, 0.3) is 11.1 Å². The van der Waals surface area contributed by atoms with Crippen LogP contribution in [0.1, 0.15) is 12.7 Å². The van der Waals surface area contributed by atoms with Crippen LogP contribution in [0.4, 0.5) is 0 Å². The normalized spacial score (nSPS) is 10.5. The molecule has 1 heterocycles. The van der Waals surface area contributed by atoms with Crippen molar-refractivity contribution < 1.29 is 4.42 Å². The molecule has 0 unspecified atom stereocenters. The first-order valence-electron chi connectivity index (χ1n) is 5.24. The predicted molar refractivity (Wildman–Crippen MR) is 61.5 cm³/mol. The Morgan fingerprint density at radius 3 is 2.67 bits per heavy atom. The third-order valence-corrected chi connectivity index (χ3v) is 2.37. The summed E-state index contributed by atoms with van der Waals surface area (Å²) in [4.78, 5) is 0. The molecule has 15 heavy (non-hydrogen) atoms. The van der Waals surface area contributed by atoms with Gasteiger partial charge in [0.15, 0.2) is 0 Å². The smallest absolute Gasteiger partial charge is 0.125 e. The lowest BCUT2D eigenvalue weighted by atomic mass is 10.1. The van der Waals surface area contributed by atoms with Gasteiger partial charge in [0.25, 0.3) is 0 Å². The van der Waals surface area contributed by atoms with Crippen molar-refractivity contribution in [2.45, 2.75) is 13.5 Å². The van der Waals surface area contributed by atoms with E-state index in [1.54, 1.807) is 6.26 Å². The largest absolute Gasteiger partial charge is 0.467 e. The predicted octanol–water partition coefficient (Wildman–Crippen LogP) is 3.06. The molecule has 78 valence electrons. The van der Waals surface area contributed by atoms with Crippen LogP contribution < -0.4 is 5.32 Å². The molecule has 1 N–H and O–H groups in total. The summed E-state index contributed by atoms with van der Waals surface area (Å²) in [6.45, 7) is 3.83. The van der Waals surface area contributed by atoms with E-state index in [0.717, 1.165) is 18.8 Å². The lowest BCUT2D eigenvalue weighted by Crippen LogP contribution is -2.11. The maximum absolute atomic E-state index is 5.46. The van der Waals surface area contributed by atoms with Crippen molar-refractivity contribution in [1.82, 2.24) is 5.32 Å². The van der Waals surface area contributed by atoms with Gasteiger partial charge in [0.1, 0.15) is 5.76 Å². The summed E-state index contributed by atoms with van der Waals surface area (Å²) in [7, 11) is 0. The van der Waals surface area contributed by atoms with E-state index in [-0.39, 0.29) is 0 Å². The van der Waals surface area contributed by atoms with Crippen LogP contribution in [0.3, 0.4) is 0 Å². The molecule has 0 radical (unpaired) electrons. The quantitative estimate of drug-likeness (QED) is 0.822. The maximum Gasteiger partial charge on any atom is 0.125 e. The molecule has 0 atom stereocenters. The Morgan fingerprint density at radius 1 is 1.13 bits per heavy atom. The molecule has 0 aliphatic carbocycles. The van der Waals surface area contributed by atoms with Crippen LogP contribution in [0, 0.1) is 0 Å².